The Balaban J connectivity index is 1.20. The minimum atomic E-state index is -0.835. The Hall–Kier alpha value is -3.43. The summed E-state index contributed by atoms with van der Waals surface area (Å²) in [7, 11) is 1.73. The van der Waals surface area contributed by atoms with Crippen LogP contribution in [0.5, 0.6) is 5.75 Å². The Morgan fingerprint density at radius 3 is 2.54 bits per heavy atom. The first-order chi connectivity index (χ1) is 17.7. The maximum absolute atomic E-state index is 13.6. The van der Waals surface area contributed by atoms with Gasteiger partial charge < -0.3 is 20.5 Å². The summed E-state index contributed by atoms with van der Waals surface area (Å²) in [6.45, 7) is -0.318. The number of nitrogens with one attached hydrogen (secondary N) is 2. The van der Waals surface area contributed by atoms with Crippen LogP contribution in [0.15, 0.2) is 54.6 Å². The first-order valence-corrected chi connectivity index (χ1v) is 12.6. The minimum Gasteiger partial charge on any atom is -0.484 e. The van der Waals surface area contributed by atoms with E-state index in [1.165, 1.54) is 12.1 Å². The highest BCUT2D eigenvalue weighted by Crippen LogP contribution is 2.47. The molecule has 1 heterocycles. The molecule has 3 aliphatic rings. The molecule has 2 aromatic carbocycles. The molecular weight excluding hydrogens is 499 g/mol. The second-order valence-electron chi connectivity index (χ2n) is 9.93. The number of fused-ring (bicyclic) bond motifs is 3. The molecule has 8 nitrogen and oxygen atoms in total. The number of hydrogen-bond donors (Lipinski definition) is 3. The zero-order valence-electron chi connectivity index (χ0n) is 20.3. The van der Waals surface area contributed by atoms with Crippen molar-refractivity contribution in [1.82, 2.24) is 20.4 Å². The van der Waals surface area contributed by atoms with Crippen LogP contribution in [0.25, 0.3) is 11.3 Å². The van der Waals surface area contributed by atoms with Crippen LogP contribution in [0.2, 0.25) is 5.02 Å². The monoisotopic (exact) mass is 526 g/mol. The van der Waals surface area contributed by atoms with E-state index in [4.69, 9.17) is 16.3 Å². The van der Waals surface area contributed by atoms with Gasteiger partial charge >= 0.3 is 0 Å². The molecule has 1 aromatic heterocycles. The first kappa shape index (κ1) is 25.2. The van der Waals surface area contributed by atoms with Gasteiger partial charge in [0.25, 0.3) is 11.8 Å². The van der Waals surface area contributed by atoms with Gasteiger partial charge in [-0.1, -0.05) is 41.9 Å². The standard InChI is InChI=1S/C27H28ClFN4O4/c1-33-22(14-21(32-33)17-5-3-2-4-6-17)25(36)31-26-9-11-27(12-10-26,23(34)15-26)30-24(35)16-37-18-7-8-19(28)20(29)13-18/h2-8,13-14,23,34H,9-12,15-16H2,1H3,(H,30,35)(H,31,36)/t23-,26?,27?/m0/s1. The molecule has 10 heteroatoms. The van der Waals surface area contributed by atoms with Gasteiger partial charge in [-0.2, -0.15) is 5.10 Å². The van der Waals surface area contributed by atoms with Crippen LogP contribution in [0, 0.1) is 5.82 Å². The minimum absolute atomic E-state index is 0.0289. The molecule has 2 bridgehead atoms. The summed E-state index contributed by atoms with van der Waals surface area (Å²) in [6.07, 6.45) is 1.74. The highest BCUT2D eigenvalue weighted by atomic mass is 35.5. The molecule has 0 spiro atoms. The number of nitrogens with zero attached hydrogens (tertiary/aromatic N) is 2. The van der Waals surface area contributed by atoms with E-state index in [9.17, 15) is 19.1 Å². The summed E-state index contributed by atoms with van der Waals surface area (Å²) < 4.78 is 20.6. The number of aromatic nitrogens is 2. The Kier molecular flexibility index (Phi) is 6.68. The summed E-state index contributed by atoms with van der Waals surface area (Å²) in [5.74, 6) is -1.09. The van der Waals surface area contributed by atoms with Crippen molar-refractivity contribution in [3.63, 3.8) is 0 Å². The van der Waals surface area contributed by atoms with Crippen molar-refractivity contribution in [2.24, 2.45) is 7.05 Å². The number of halogens is 2. The van der Waals surface area contributed by atoms with Gasteiger partial charge in [0.1, 0.15) is 17.3 Å². The van der Waals surface area contributed by atoms with Gasteiger partial charge in [0.05, 0.1) is 22.4 Å². The zero-order chi connectivity index (χ0) is 26.2. The molecule has 3 aliphatic carbocycles. The smallest absolute Gasteiger partial charge is 0.269 e. The predicted molar refractivity (Wildman–Crippen MR) is 136 cm³/mol. The summed E-state index contributed by atoms with van der Waals surface area (Å²) in [4.78, 5) is 25.8. The summed E-state index contributed by atoms with van der Waals surface area (Å²) in [5.41, 5.74) is 0.729. The Bertz CT molecular complexity index is 1320. The molecule has 0 radical (unpaired) electrons. The number of aliphatic hydroxyl groups is 1. The average Bonchev–Trinajstić information content (AvgIpc) is 3.28. The Morgan fingerprint density at radius 1 is 1.14 bits per heavy atom. The van der Waals surface area contributed by atoms with Gasteiger partial charge in [-0.3, -0.25) is 14.3 Å². The molecule has 37 heavy (non-hydrogen) atoms. The SMILES string of the molecule is Cn1nc(-c2ccccc2)cc1C(=O)NC12CCC(NC(=O)COc3ccc(Cl)c(F)c3)(CC1)[C@@H](O)C2. The van der Waals surface area contributed by atoms with E-state index in [2.05, 4.69) is 15.7 Å². The van der Waals surface area contributed by atoms with Gasteiger partial charge in [-0.05, 0) is 50.3 Å². The molecule has 3 aromatic rings. The van der Waals surface area contributed by atoms with Gasteiger partial charge in [-0.25, -0.2) is 4.39 Å². The maximum Gasteiger partial charge on any atom is 0.269 e. The van der Waals surface area contributed by atoms with E-state index in [-0.39, 0.29) is 23.3 Å². The highest BCUT2D eigenvalue weighted by molar-refractivity contribution is 6.30. The third-order valence-corrected chi connectivity index (χ3v) is 7.84. The summed E-state index contributed by atoms with van der Waals surface area (Å²) >= 11 is 5.67. The molecule has 0 saturated heterocycles. The molecule has 3 saturated carbocycles. The lowest BCUT2D eigenvalue weighted by Crippen LogP contribution is -2.70. The average molecular weight is 527 g/mol. The number of hydrogen-bond acceptors (Lipinski definition) is 5. The number of carbonyl (C=O) groups excluding carboxylic acids is 2. The predicted octanol–water partition coefficient (Wildman–Crippen LogP) is 3.62. The Morgan fingerprint density at radius 2 is 1.86 bits per heavy atom. The highest BCUT2D eigenvalue weighted by Gasteiger charge is 2.55. The van der Waals surface area contributed by atoms with Crippen molar-refractivity contribution in [3.8, 4) is 17.0 Å². The van der Waals surface area contributed by atoms with Gasteiger partial charge in [-0.15, -0.1) is 0 Å². The van der Waals surface area contributed by atoms with E-state index in [1.807, 2.05) is 30.3 Å². The molecule has 194 valence electrons. The number of aryl methyl sites for hydroxylation is 1. The molecular formula is C27H28ClFN4O4. The van der Waals surface area contributed by atoms with Crippen LogP contribution < -0.4 is 15.4 Å². The van der Waals surface area contributed by atoms with Crippen molar-refractivity contribution >= 4 is 23.4 Å². The lowest BCUT2D eigenvalue weighted by molar-refractivity contribution is -0.132. The lowest BCUT2D eigenvalue weighted by atomic mass is 9.60. The van der Waals surface area contributed by atoms with Gasteiger partial charge in [0, 0.05) is 24.2 Å². The van der Waals surface area contributed by atoms with E-state index in [0.29, 0.717) is 43.5 Å². The van der Waals surface area contributed by atoms with Gasteiger partial charge in [0.15, 0.2) is 6.61 Å². The first-order valence-electron chi connectivity index (χ1n) is 12.2. The van der Waals surface area contributed by atoms with Crippen LogP contribution in [-0.4, -0.2) is 50.5 Å². The fraction of sp³-hybridized carbons (Fsp3) is 0.370. The van der Waals surface area contributed by atoms with Crippen LogP contribution in [0.1, 0.15) is 42.6 Å². The van der Waals surface area contributed by atoms with Crippen LogP contribution in [0.4, 0.5) is 4.39 Å². The van der Waals surface area contributed by atoms with Crippen molar-refractivity contribution in [2.45, 2.75) is 49.3 Å². The van der Waals surface area contributed by atoms with E-state index < -0.39 is 28.9 Å². The largest absolute Gasteiger partial charge is 0.484 e. The van der Waals surface area contributed by atoms with E-state index >= 15 is 0 Å². The van der Waals surface area contributed by atoms with Crippen molar-refractivity contribution in [1.29, 1.82) is 0 Å². The second-order valence-corrected chi connectivity index (χ2v) is 10.3. The number of ether oxygens (including phenoxy) is 1. The molecule has 2 amide bonds. The molecule has 0 unspecified atom stereocenters. The van der Waals surface area contributed by atoms with Crippen LogP contribution in [-0.2, 0) is 11.8 Å². The molecule has 3 N–H and O–H groups in total. The molecule has 1 atom stereocenters. The molecule has 6 rings (SSSR count). The second kappa shape index (κ2) is 9.79. The third-order valence-electron chi connectivity index (χ3n) is 7.53. The number of aliphatic hydroxyl groups excluding tert-OH is 1. The quantitative estimate of drug-likeness (QED) is 0.436. The van der Waals surface area contributed by atoms with Crippen LogP contribution in [0.3, 0.4) is 0 Å². The van der Waals surface area contributed by atoms with E-state index in [1.54, 1.807) is 17.8 Å². The molecule has 3 fully saturated rings. The third kappa shape index (κ3) is 5.06. The van der Waals surface area contributed by atoms with Crippen molar-refractivity contribution < 1.29 is 23.8 Å². The molecule has 0 aliphatic heterocycles. The lowest BCUT2D eigenvalue weighted by Gasteiger charge is -2.56. The Labute approximate surface area is 218 Å². The number of rotatable bonds is 7. The van der Waals surface area contributed by atoms with Crippen molar-refractivity contribution in [3.05, 3.63) is 71.1 Å². The number of amides is 2. The van der Waals surface area contributed by atoms with Crippen LogP contribution >= 0.6 is 11.6 Å². The maximum atomic E-state index is 13.6. The topological polar surface area (TPSA) is 105 Å². The normalized spacial score (nSPS) is 24.5. The zero-order valence-corrected chi connectivity index (χ0v) is 21.1. The fourth-order valence-corrected chi connectivity index (χ4v) is 5.54. The number of carbonyl (C=O) groups is 2. The number of benzene rings is 2. The van der Waals surface area contributed by atoms with Gasteiger partial charge in [0.2, 0.25) is 0 Å². The summed E-state index contributed by atoms with van der Waals surface area (Å²) in [5, 5.41) is 21.6. The van der Waals surface area contributed by atoms with E-state index in [0.717, 1.165) is 11.6 Å². The fourth-order valence-electron chi connectivity index (χ4n) is 5.43. The summed E-state index contributed by atoms with van der Waals surface area (Å²) in [6, 6.07) is 15.4. The van der Waals surface area contributed by atoms with Crippen molar-refractivity contribution in [2.75, 3.05) is 6.61 Å².